The maximum Gasteiger partial charge on any atom is 0.248 e. The van der Waals surface area contributed by atoms with Crippen LogP contribution in [-0.2, 0) is 4.74 Å². The first kappa shape index (κ1) is 13.9. The highest BCUT2D eigenvalue weighted by Gasteiger charge is 2.02. The number of guanidine groups is 1. The fraction of sp³-hybridized carbons (Fsp3) is 0.273. The van der Waals surface area contributed by atoms with Crippen molar-refractivity contribution in [2.24, 2.45) is 16.6 Å². The molecule has 0 fully saturated rings. The summed E-state index contributed by atoms with van der Waals surface area (Å²) in [4.78, 5) is 15.2. The summed E-state index contributed by atoms with van der Waals surface area (Å²) in [6, 6.07) is 6.73. The van der Waals surface area contributed by atoms with E-state index in [1.54, 1.807) is 31.4 Å². The van der Waals surface area contributed by atoms with Crippen molar-refractivity contribution in [1.82, 2.24) is 5.43 Å². The van der Waals surface area contributed by atoms with E-state index >= 15 is 0 Å². The Hall–Kier alpha value is -2.12. The predicted molar refractivity (Wildman–Crippen MR) is 70.1 cm³/mol. The molecule has 0 aromatic heterocycles. The van der Waals surface area contributed by atoms with Gasteiger partial charge >= 0.3 is 0 Å². The molecule has 0 saturated heterocycles. The van der Waals surface area contributed by atoms with Crippen molar-refractivity contribution in [3.05, 3.63) is 29.8 Å². The second-order valence-corrected chi connectivity index (χ2v) is 3.44. The normalized spacial score (nSPS) is 11.1. The Balaban J connectivity index is 2.72. The lowest BCUT2D eigenvalue weighted by Gasteiger charge is -2.09. The van der Waals surface area contributed by atoms with Gasteiger partial charge in [0.15, 0.2) is 0 Å². The number of primary amides is 1. The molecule has 0 atom stereocenters. The van der Waals surface area contributed by atoms with E-state index in [0.29, 0.717) is 30.4 Å². The van der Waals surface area contributed by atoms with Crippen molar-refractivity contribution in [3.63, 3.8) is 0 Å². The third-order valence-corrected chi connectivity index (χ3v) is 2.11. The highest BCUT2D eigenvalue weighted by molar-refractivity contribution is 5.97. The number of anilines is 1. The number of nitrogens with two attached hydrogens (primary N) is 2. The minimum absolute atomic E-state index is 0.383. The van der Waals surface area contributed by atoms with Gasteiger partial charge in [-0.1, -0.05) is 6.07 Å². The number of nitrogens with one attached hydrogen (secondary N) is 2. The highest BCUT2D eigenvalue weighted by Crippen LogP contribution is 2.09. The van der Waals surface area contributed by atoms with E-state index in [1.165, 1.54) is 0 Å². The zero-order valence-electron chi connectivity index (χ0n) is 10.1. The summed E-state index contributed by atoms with van der Waals surface area (Å²) < 4.78 is 4.87. The van der Waals surface area contributed by atoms with Crippen molar-refractivity contribution >= 4 is 17.6 Å². The smallest absolute Gasteiger partial charge is 0.248 e. The summed E-state index contributed by atoms with van der Waals surface area (Å²) in [5.74, 6) is 5.22. The molecule has 18 heavy (non-hydrogen) atoms. The molecule has 0 spiro atoms. The van der Waals surface area contributed by atoms with E-state index in [4.69, 9.17) is 16.3 Å². The molecule has 0 radical (unpaired) electrons. The monoisotopic (exact) mass is 251 g/mol. The maximum atomic E-state index is 11.0. The lowest BCUT2D eigenvalue weighted by molar-refractivity contribution is 0.100. The molecule has 1 amide bonds. The standard InChI is InChI=1S/C11H17N5O2/c1-18-6-5-14-11(16-13)15-9-4-2-3-8(7-9)10(12)17/h2-4,7H,5-6,13H2,1H3,(H2,12,17)(H2,14,15,16). The molecule has 7 heteroatoms. The number of hydrogen-bond donors (Lipinski definition) is 4. The van der Waals surface area contributed by atoms with Gasteiger partial charge in [0.05, 0.1) is 13.2 Å². The topological polar surface area (TPSA) is 115 Å². The van der Waals surface area contributed by atoms with Gasteiger partial charge in [0.25, 0.3) is 0 Å². The molecule has 1 rings (SSSR count). The molecular formula is C11H17N5O2. The number of hydrogen-bond acceptors (Lipinski definition) is 4. The summed E-state index contributed by atoms with van der Waals surface area (Å²) >= 11 is 0. The molecule has 0 aliphatic carbocycles. The third kappa shape index (κ3) is 4.40. The number of carbonyl (C=O) groups is 1. The lowest BCUT2D eigenvalue weighted by Crippen LogP contribution is -2.36. The molecule has 1 aromatic rings. The van der Waals surface area contributed by atoms with E-state index in [1.807, 2.05) is 0 Å². The van der Waals surface area contributed by atoms with Crippen LogP contribution in [0.25, 0.3) is 0 Å². The van der Waals surface area contributed by atoms with Crippen LogP contribution >= 0.6 is 0 Å². The minimum Gasteiger partial charge on any atom is -0.383 e. The fourth-order valence-corrected chi connectivity index (χ4v) is 1.26. The molecule has 6 N–H and O–H groups in total. The van der Waals surface area contributed by atoms with Crippen LogP contribution in [0.3, 0.4) is 0 Å². The molecular weight excluding hydrogens is 234 g/mol. The van der Waals surface area contributed by atoms with Gasteiger partial charge in [-0.25, -0.2) is 10.8 Å². The van der Waals surface area contributed by atoms with E-state index in [2.05, 4.69) is 15.7 Å². The number of aliphatic imine (C=N–C) groups is 1. The molecule has 0 aliphatic heterocycles. The van der Waals surface area contributed by atoms with E-state index in [-0.39, 0.29) is 0 Å². The predicted octanol–water partition coefficient (Wildman–Crippen LogP) is -0.337. The van der Waals surface area contributed by atoms with Crippen LogP contribution in [0.4, 0.5) is 5.69 Å². The van der Waals surface area contributed by atoms with Crippen molar-refractivity contribution in [1.29, 1.82) is 0 Å². The second-order valence-electron chi connectivity index (χ2n) is 3.44. The van der Waals surface area contributed by atoms with Crippen molar-refractivity contribution in [3.8, 4) is 0 Å². The lowest BCUT2D eigenvalue weighted by atomic mass is 10.2. The minimum atomic E-state index is -0.489. The van der Waals surface area contributed by atoms with Crippen molar-refractivity contribution < 1.29 is 9.53 Å². The summed E-state index contributed by atoms with van der Waals surface area (Å²) in [5, 5.41) is 2.93. The first-order valence-electron chi connectivity index (χ1n) is 5.34. The van der Waals surface area contributed by atoms with Crippen molar-refractivity contribution in [2.75, 3.05) is 25.6 Å². The van der Waals surface area contributed by atoms with Gasteiger partial charge in [0.1, 0.15) is 0 Å². The van der Waals surface area contributed by atoms with Crippen LogP contribution in [0.1, 0.15) is 10.4 Å². The number of nitrogens with zero attached hydrogens (tertiary/aromatic N) is 1. The molecule has 0 aliphatic rings. The SMILES string of the molecule is COCCN=C(NN)Nc1cccc(C(N)=O)c1. The van der Waals surface area contributed by atoms with Gasteiger partial charge in [-0.05, 0) is 18.2 Å². The molecule has 0 unspecified atom stereocenters. The second kappa shape index (κ2) is 7.25. The van der Waals surface area contributed by atoms with E-state index in [0.717, 1.165) is 0 Å². The van der Waals surface area contributed by atoms with Gasteiger partial charge in [0, 0.05) is 18.4 Å². The highest BCUT2D eigenvalue weighted by atomic mass is 16.5. The van der Waals surface area contributed by atoms with Gasteiger partial charge in [-0.2, -0.15) is 0 Å². The summed E-state index contributed by atoms with van der Waals surface area (Å²) in [6.07, 6.45) is 0. The number of rotatable bonds is 5. The Kier molecular flexibility index (Phi) is 5.62. The Labute approximate surface area is 105 Å². The number of amides is 1. The average Bonchev–Trinajstić information content (AvgIpc) is 2.38. The van der Waals surface area contributed by atoms with E-state index < -0.39 is 5.91 Å². The number of hydrazine groups is 1. The average molecular weight is 251 g/mol. The van der Waals surface area contributed by atoms with Crippen LogP contribution < -0.4 is 22.3 Å². The summed E-state index contributed by atoms with van der Waals surface area (Å²) in [7, 11) is 1.59. The van der Waals surface area contributed by atoms with Gasteiger partial charge in [-0.3, -0.25) is 10.2 Å². The maximum absolute atomic E-state index is 11.0. The van der Waals surface area contributed by atoms with Crippen LogP contribution in [0.2, 0.25) is 0 Å². The summed E-state index contributed by atoms with van der Waals surface area (Å²) in [5.41, 5.74) is 8.69. The Morgan fingerprint density at radius 1 is 1.50 bits per heavy atom. The first-order valence-corrected chi connectivity index (χ1v) is 5.34. The van der Waals surface area contributed by atoms with Crippen LogP contribution in [0, 0.1) is 0 Å². The Morgan fingerprint density at radius 2 is 2.28 bits per heavy atom. The zero-order valence-corrected chi connectivity index (χ0v) is 10.1. The summed E-state index contributed by atoms with van der Waals surface area (Å²) in [6.45, 7) is 0.965. The van der Waals surface area contributed by atoms with Crippen LogP contribution in [0.15, 0.2) is 29.3 Å². The number of benzene rings is 1. The number of methoxy groups -OCH3 is 1. The van der Waals surface area contributed by atoms with Gasteiger partial charge in [0.2, 0.25) is 11.9 Å². The largest absolute Gasteiger partial charge is 0.383 e. The Morgan fingerprint density at radius 3 is 2.89 bits per heavy atom. The van der Waals surface area contributed by atoms with E-state index in [9.17, 15) is 4.79 Å². The fourth-order valence-electron chi connectivity index (χ4n) is 1.26. The van der Waals surface area contributed by atoms with Crippen LogP contribution in [-0.4, -0.2) is 32.1 Å². The molecule has 7 nitrogen and oxygen atoms in total. The zero-order chi connectivity index (χ0) is 13.4. The molecule has 0 bridgehead atoms. The molecule has 98 valence electrons. The first-order chi connectivity index (χ1) is 8.67. The number of ether oxygens (including phenoxy) is 1. The van der Waals surface area contributed by atoms with Gasteiger partial charge in [-0.15, -0.1) is 0 Å². The van der Waals surface area contributed by atoms with Crippen molar-refractivity contribution in [2.45, 2.75) is 0 Å². The van der Waals surface area contributed by atoms with Gasteiger partial charge < -0.3 is 15.8 Å². The third-order valence-electron chi connectivity index (χ3n) is 2.11. The number of carbonyl (C=O) groups excluding carboxylic acids is 1. The molecule has 1 aromatic carbocycles. The quantitative estimate of drug-likeness (QED) is 0.188. The van der Waals surface area contributed by atoms with Crippen LogP contribution in [0.5, 0.6) is 0 Å². The molecule has 0 saturated carbocycles. The molecule has 0 heterocycles. The Bertz CT molecular complexity index is 433.